The summed E-state index contributed by atoms with van der Waals surface area (Å²) >= 11 is 3.53. The molecule has 150 valence electrons. The first-order valence-electron chi connectivity index (χ1n) is 9.83. The van der Waals surface area contributed by atoms with Gasteiger partial charge >= 0.3 is 6.09 Å². The third-order valence-corrected chi connectivity index (χ3v) is 6.70. The molecular weight excluding hydrogens is 422 g/mol. The lowest BCUT2D eigenvalue weighted by molar-refractivity contribution is -0.134. The van der Waals surface area contributed by atoms with Crippen LogP contribution < -0.4 is 5.32 Å². The van der Waals surface area contributed by atoms with Gasteiger partial charge in [-0.25, -0.2) is 4.79 Å². The van der Waals surface area contributed by atoms with Crippen molar-refractivity contribution in [3.05, 3.63) is 28.2 Å². The van der Waals surface area contributed by atoms with E-state index in [0.29, 0.717) is 0 Å². The van der Waals surface area contributed by atoms with E-state index in [-0.39, 0.29) is 23.3 Å². The molecule has 0 bridgehead atoms. The lowest BCUT2D eigenvalue weighted by Gasteiger charge is -2.31. The fraction of sp³-hybridized carbons (Fsp3) is 0.571. The van der Waals surface area contributed by atoms with Gasteiger partial charge in [-0.15, -0.1) is 0 Å². The summed E-state index contributed by atoms with van der Waals surface area (Å²) in [7, 11) is 1.32. The van der Waals surface area contributed by atoms with E-state index in [1.165, 1.54) is 12.7 Å². The van der Waals surface area contributed by atoms with E-state index in [1.54, 1.807) is 0 Å². The fourth-order valence-electron chi connectivity index (χ4n) is 4.39. The van der Waals surface area contributed by atoms with Crippen molar-refractivity contribution < 1.29 is 14.3 Å². The maximum atomic E-state index is 13.4. The molecule has 2 atom stereocenters. The summed E-state index contributed by atoms with van der Waals surface area (Å²) in [4.78, 5) is 32.1. The van der Waals surface area contributed by atoms with Crippen molar-refractivity contribution >= 4 is 39.3 Å². The standard InChI is InChI=1S/C21H26BrN3O3/c1-12(2)18(24-20(27)28-3)19(26)25-11-21(6-7-21)10-17(25)16-9-13-8-14(22)4-5-15(13)23-16/h4-5,8,12,17-18H,6-7,9-11H2,1-3H3,(H,24,27)/t17-,18-/m0/s1. The molecule has 0 radical (unpaired) electrons. The first-order valence-corrected chi connectivity index (χ1v) is 10.6. The van der Waals surface area contributed by atoms with Crippen LogP contribution in [-0.4, -0.2) is 48.4 Å². The Hall–Kier alpha value is -1.89. The highest BCUT2D eigenvalue weighted by atomic mass is 79.9. The third-order valence-electron chi connectivity index (χ3n) is 6.20. The molecule has 2 amide bonds. The zero-order valence-electron chi connectivity index (χ0n) is 16.5. The van der Waals surface area contributed by atoms with Crippen LogP contribution in [0.5, 0.6) is 0 Å². The van der Waals surface area contributed by atoms with E-state index in [2.05, 4.69) is 27.3 Å². The molecule has 7 heteroatoms. The van der Waals surface area contributed by atoms with E-state index in [4.69, 9.17) is 9.73 Å². The number of alkyl carbamates (subject to hydrolysis) is 1. The van der Waals surface area contributed by atoms with E-state index >= 15 is 0 Å². The van der Waals surface area contributed by atoms with Crippen LogP contribution in [0, 0.1) is 11.3 Å². The summed E-state index contributed by atoms with van der Waals surface area (Å²) < 4.78 is 5.77. The van der Waals surface area contributed by atoms with E-state index in [0.717, 1.165) is 48.1 Å². The molecule has 6 nitrogen and oxygen atoms in total. The average Bonchev–Trinajstić information content (AvgIpc) is 3.11. The largest absolute Gasteiger partial charge is 0.453 e. The number of carbonyl (C=O) groups is 2. The number of likely N-dealkylation sites (tertiary alicyclic amines) is 1. The highest BCUT2D eigenvalue weighted by molar-refractivity contribution is 9.10. The minimum Gasteiger partial charge on any atom is -0.453 e. The van der Waals surface area contributed by atoms with Gasteiger partial charge in [-0.05, 0) is 54.4 Å². The zero-order chi connectivity index (χ0) is 20.1. The second-order valence-corrected chi connectivity index (χ2v) is 9.51. The Bertz CT molecular complexity index is 847. The van der Waals surface area contributed by atoms with Crippen molar-refractivity contribution in [3.63, 3.8) is 0 Å². The number of halogens is 1. The van der Waals surface area contributed by atoms with E-state index in [9.17, 15) is 9.59 Å². The smallest absolute Gasteiger partial charge is 0.407 e. The number of aliphatic imine (C=N–C) groups is 1. The van der Waals surface area contributed by atoms with Gasteiger partial charge in [-0.3, -0.25) is 9.79 Å². The first kappa shape index (κ1) is 19.4. The molecule has 28 heavy (non-hydrogen) atoms. The number of amides is 2. The van der Waals surface area contributed by atoms with Gasteiger partial charge < -0.3 is 15.0 Å². The van der Waals surface area contributed by atoms with Crippen LogP contribution in [0.1, 0.15) is 38.7 Å². The maximum Gasteiger partial charge on any atom is 0.407 e. The lowest BCUT2D eigenvalue weighted by Crippen LogP contribution is -2.53. The Morgan fingerprint density at radius 1 is 1.36 bits per heavy atom. The molecule has 2 aliphatic heterocycles. The SMILES string of the molecule is COC(=O)N[C@H](C(=O)N1CC2(CC2)C[C@H]1C1=Nc2ccc(Br)cc2C1)C(C)C. The highest BCUT2D eigenvalue weighted by Gasteiger charge is 2.55. The van der Waals surface area contributed by atoms with E-state index < -0.39 is 12.1 Å². The molecule has 1 saturated carbocycles. The van der Waals surface area contributed by atoms with Crippen LogP contribution in [0.25, 0.3) is 0 Å². The molecule has 1 aliphatic carbocycles. The molecule has 1 saturated heterocycles. The molecule has 2 fully saturated rings. The van der Waals surface area contributed by atoms with Crippen LogP contribution >= 0.6 is 15.9 Å². The van der Waals surface area contributed by atoms with Crippen molar-refractivity contribution in [2.24, 2.45) is 16.3 Å². The van der Waals surface area contributed by atoms with Crippen LogP contribution in [0.2, 0.25) is 0 Å². The summed E-state index contributed by atoms with van der Waals surface area (Å²) in [6, 6.07) is 5.54. The summed E-state index contributed by atoms with van der Waals surface area (Å²) in [6.45, 7) is 4.63. The number of methoxy groups -OCH3 is 1. The molecule has 1 aromatic carbocycles. The van der Waals surface area contributed by atoms with Crippen LogP contribution in [0.4, 0.5) is 10.5 Å². The predicted molar refractivity (Wildman–Crippen MR) is 111 cm³/mol. The maximum absolute atomic E-state index is 13.4. The second kappa shape index (κ2) is 7.17. The predicted octanol–water partition coefficient (Wildman–Crippen LogP) is 3.84. The Morgan fingerprint density at radius 2 is 2.11 bits per heavy atom. The Balaban J connectivity index is 1.58. The Kier molecular flexibility index (Phi) is 4.98. The molecule has 0 unspecified atom stereocenters. The van der Waals surface area contributed by atoms with Gasteiger partial charge in [0.1, 0.15) is 6.04 Å². The Morgan fingerprint density at radius 3 is 2.75 bits per heavy atom. The van der Waals surface area contributed by atoms with Crippen LogP contribution in [0.3, 0.4) is 0 Å². The molecule has 4 rings (SSSR count). The van der Waals surface area contributed by atoms with Crippen LogP contribution in [0.15, 0.2) is 27.7 Å². The summed E-state index contributed by atoms with van der Waals surface area (Å²) in [5.74, 6) is -0.0596. The van der Waals surface area contributed by atoms with Crippen molar-refractivity contribution in [1.29, 1.82) is 0 Å². The number of hydrogen-bond acceptors (Lipinski definition) is 4. The molecule has 1 spiro atoms. The minimum absolute atomic E-state index is 0.00173. The molecule has 1 N–H and O–H groups in total. The number of nitrogens with one attached hydrogen (secondary N) is 1. The van der Waals surface area contributed by atoms with E-state index in [1.807, 2.05) is 30.9 Å². The number of ether oxygens (including phenoxy) is 1. The summed E-state index contributed by atoms with van der Waals surface area (Å²) in [5.41, 5.74) is 3.49. The number of benzene rings is 1. The van der Waals surface area contributed by atoms with Gasteiger partial charge in [0, 0.05) is 23.1 Å². The average molecular weight is 448 g/mol. The lowest BCUT2D eigenvalue weighted by atomic mass is 9.97. The molecule has 2 heterocycles. The van der Waals surface area contributed by atoms with Crippen molar-refractivity contribution in [1.82, 2.24) is 10.2 Å². The quantitative estimate of drug-likeness (QED) is 0.761. The molecule has 1 aromatic rings. The van der Waals surface area contributed by atoms with Gasteiger partial charge in [-0.1, -0.05) is 29.8 Å². The number of fused-ring (bicyclic) bond motifs is 1. The van der Waals surface area contributed by atoms with Gasteiger partial charge in [0.2, 0.25) is 5.91 Å². The van der Waals surface area contributed by atoms with Gasteiger partial charge in [-0.2, -0.15) is 0 Å². The van der Waals surface area contributed by atoms with Crippen LogP contribution in [-0.2, 0) is 16.0 Å². The van der Waals surface area contributed by atoms with Crippen molar-refractivity contribution in [3.8, 4) is 0 Å². The van der Waals surface area contributed by atoms with Crippen molar-refractivity contribution in [2.75, 3.05) is 13.7 Å². The number of nitrogens with zero attached hydrogens (tertiary/aromatic N) is 2. The first-order chi connectivity index (χ1) is 13.3. The van der Waals surface area contributed by atoms with Crippen molar-refractivity contribution in [2.45, 2.75) is 51.6 Å². The monoisotopic (exact) mass is 447 g/mol. The molecular formula is C21H26BrN3O3. The second-order valence-electron chi connectivity index (χ2n) is 8.60. The minimum atomic E-state index is -0.595. The van der Waals surface area contributed by atoms with Gasteiger partial charge in [0.25, 0.3) is 0 Å². The zero-order valence-corrected chi connectivity index (χ0v) is 18.1. The van der Waals surface area contributed by atoms with Gasteiger partial charge in [0.05, 0.1) is 18.8 Å². The number of rotatable bonds is 4. The number of hydrogen-bond donors (Lipinski definition) is 1. The fourth-order valence-corrected chi connectivity index (χ4v) is 4.80. The summed E-state index contributed by atoms with van der Waals surface area (Å²) in [5, 5.41) is 2.73. The summed E-state index contributed by atoms with van der Waals surface area (Å²) in [6.07, 6.45) is 3.50. The normalized spacial score (nSPS) is 22.8. The topological polar surface area (TPSA) is 71.0 Å². The third kappa shape index (κ3) is 3.56. The number of carbonyl (C=O) groups excluding carboxylic acids is 2. The molecule has 0 aromatic heterocycles. The highest BCUT2D eigenvalue weighted by Crippen LogP contribution is 2.55. The Labute approximate surface area is 173 Å². The van der Waals surface area contributed by atoms with Gasteiger partial charge in [0.15, 0.2) is 0 Å². The molecule has 3 aliphatic rings.